The molecule has 0 fully saturated rings. The van der Waals surface area contributed by atoms with Crippen LogP contribution in [0.2, 0.25) is 5.02 Å². The summed E-state index contributed by atoms with van der Waals surface area (Å²) in [5, 5.41) is 9.05. The van der Waals surface area contributed by atoms with Crippen molar-refractivity contribution in [3.8, 4) is 0 Å². The molecule has 0 bridgehead atoms. The molecule has 0 aliphatic heterocycles. The van der Waals surface area contributed by atoms with Crippen molar-refractivity contribution in [2.24, 2.45) is 0 Å². The fraction of sp³-hybridized carbons (Fsp3) is 0.200. The van der Waals surface area contributed by atoms with E-state index in [2.05, 4.69) is 0 Å². The van der Waals surface area contributed by atoms with E-state index in [1.54, 1.807) is 47.2 Å². The molecule has 4 nitrogen and oxygen atoms in total. The molecule has 0 aliphatic carbocycles. The van der Waals surface area contributed by atoms with E-state index in [-0.39, 0.29) is 12.2 Å². The lowest BCUT2D eigenvalue weighted by atomic mass is 10.1. The number of aryl methyl sites for hydroxylation is 1. The van der Waals surface area contributed by atoms with Gasteiger partial charge >= 0.3 is 5.97 Å². The largest absolute Gasteiger partial charge is 0.481 e. The van der Waals surface area contributed by atoms with Gasteiger partial charge in [-0.05, 0) is 30.7 Å². The molecule has 0 amide bonds. The molecule has 0 radical (unpaired) electrons. The zero-order valence-electron chi connectivity index (χ0n) is 10.8. The molecular formula is C15H14ClNO3. The van der Waals surface area contributed by atoms with Crippen molar-refractivity contribution in [1.82, 2.24) is 4.57 Å². The first-order valence-corrected chi connectivity index (χ1v) is 6.63. The average molecular weight is 292 g/mol. The number of benzene rings is 1. The molecule has 5 heteroatoms. The van der Waals surface area contributed by atoms with E-state index in [9.17, 15) is 9.59 Å². The Morgan fingerprint density at radius 2 is 1.90 bits per heavy atom. The number of carbonyl (C=O) groups excluding carboxylic acids is 1. The minimum atomic E-state index is -0.837. The van der Waals surface area contributed by atoms with Gasteiger partial charge in [0, 0.05) is 24.7 Å². The fourth-order valence-corrected chi connectivity index (χ4v) is 2.22. The van der Waals surface area contributed by atoms with Crippen LogP contribution in [-0.2, 0) is 11.3 Å². The number of aliphatic carboxylic acids is 1. The van der Waals surface area contributed by atoms with Crippen molar-refractivity contribution in [2.45, 2.75) is 19.4 Å². The molecule has 1 aromatic carbocycles. The number of hydrogen-bond donors (Lipinski definition) is 1. The van der Waals surface area contributed by atoms with E-state index in [1.807, 2.05) is 0 Å². The molecule has 0 spiro atoms. The third-order valence-corrected chi connectivity index (χ3v) is 3.30. The van der Waals surface area contributed by atoms with Crippen molar-refractivity contribution in [3.63, 3.8) is 0 Å². The molecule has 20 heavy (non-hydrogen) atoms. The lowest BCUT2D eigenvalue weighted by Gasteiger charge is -2.08. The Morgan fingerprint density at radius 3 is 2.60 bits per heavy atom. The third kappa shape index (κ3) is 3.27. The zero-order valence-corrected chi connectivity index (χ0v) is 11.5. The van der Waals surface area contributed by atoms with Crippen molar-refractivity contribution >= 4 is 23.4 Å². The molecule has 0 atom stereocenters. The predicted molar refractivity (Wildman–Crippen MR) is 76.2 cm³/mol. The summed E-state index contributed by atoms with van der Waals surface area (Å²) in [7, 11) is 0. The predicted octanol–water partition coefficient (Wildman–Crippen LogP) is 3.24. The number of carboxylic acid groups (broad SMARTS) is 1. The zero-order chi connectivity index (χ0) is 14.5. The summed E-state index contributed by atoms with van der Waals surface area (Å²) in [6, 6.07) is 10.4. The minimum Gasteiger partial charge on any atom is -0.481 e. The van der Waals surface area contributed by atoms with Crippen LogP contribution >= 0.6 is 11.6 Å². The van der Waals surface area contributed by atoms with E-state index >= 15 is 0 Å². The lowest BCUT2D eigenvalue weighted by molar-refractivity contribution is -0.137. The molecule has 1 N–H and O–H groups in total. The van der Waals surface area contributed by atoms with E-state index < -0.39 is 5.97 Å². The second-order valence-electron chi connectivity index (χ2n) is 4.39. The van der Waals surface area contributed by atoms with Gasteiger partial charge in [0.15, 0.2) is 0 Å². The summed E-state index contributed by atoms with van der Waals surface area (Å²) < 4.78 is 1.76. The highest BCUT2D eigenvalue weighted by molar-refractivity contribution is 6.34. The standard InChI is InChI=1S/C15H14ClNO3/c16-12-6-2-1-5-11(12)15(20)13-7-3-9-17(13)10-4-8-14(18)19/h1-3,5-7,9H,4,8,10H2,(H,18,19). The van der Waals surface area contributed by atoms with Crippen LogP contribution in [0, 0.1) is 0 Å². The van der Waals surface area contributed by atoms with Crippen LogP contribution in [0.15, 0.2) is 42.6 Å². The molecule has 0 unspecified atom stereocenters. The van der Waals surface area contributed by atoms with Crippen molar-refractivity contribution in [2.75, 3.05) is 0 Å². The van der Waals surface area contributed by atoms with Crippen LogP contribution in [0.5, 0.6) is 0 Å². The van der Waals surface area contributed by atoms with Crippen LogP contribution in [0.25, 0.3) is 0 Å². The second-order valence-corrected chi connectivity index (χ2v) is 4.80. The quantitative estimate of drug-likeness (QED) is 0.831. The number of hydrogen-bond acceptors (Lipinski definition) is 2. The monoisotopic (exact) mass is 291 g/mol. The topological polar surface area (TPSA) is 59.3 Å². The highest BCUT2D eigenvalue weighted by atomic mass is 35.5. The number of carboxylic acids is 1. The highest BCUT2D eigenvalue weighted by Gasteiger charge is 2.15. The van der Waals surface area contributed by atoms with E-state index in [0.717, 1.165) is 0 Å². The number of aromatic nitrogens is 1. The van der Waals surface area contributed by atoms with Crippen molar-refractivity contribution < 1.29 is 14.7 Å². The molecule has 0 aliphatic rings. The van der Waals surface area contributed by atoms with E-state index in [1.165, 1.54) is 0 Å². The normalized spacial score (nSPS) is 10.4. The van der Waals surface area contributed by atoms with Gasteiger partial charge in [-0.15, -0.1) is 0 Å². The highest BCUT2D eigenvalue weighted by Crippen LogP contribution is 2.19. The van der Waals surface area contributed by atoms with Gasteiger partial charge in [-0.25, -0.2) is 0 Å². The molecular weight excluding hydrogens is 278 g/mol. The Morgan fingerprint density at radius 1 is 1.15 bits per heavy atom. The average Bonchev–Trinajstić information content (AvgIpc) is 2.86. The van der Waals surface area contributed by atoms with Gasteiger partial charge in [0.2, 0.25) is 5.78 Å². The number of ketones is 1. The first-order chi connectivity index (χ1) is 9.59. The molecule has 2 rings (SSSR count). The van der Waals surface area contributed by atoms with Gasteiger partial charge in [0.05, 0.1) is 10.7 Å². The Balaban J connectivity index is 2.17. The van der Waals surface area contributed by atoms with Crippen LogP contribution in [-0.4, -0.2) is 21.4 Å². The summed E-state index contributed by atoms with van der Waals surface area (Å²) in [4.78, 5) is 22.9. The Hall–Kier alpha value is -2.07. The maximum Gasteiger partial charge on any atom is 0.303 e. The Bertz CT molecular complexity index is 634. The van der Waals surface area contributed by atoms with Gasteiger partial charge in [0.1, 0.15) is 0 Å². The van der Waals surface area contributed by atoms with Crippen LogP contribution in [0.4, 0.5) is 0 Å². The van der Waals surface area contributed by atoms with Crippen LogP contribution in [0.3, 0.4) is 0 Å². The maximum absolute atomic E-state index is 12.4. The minimum absolute atomic E-state index is 0.0813. The molecule has 104 valence electrons. The summed E-state index contributed by atoms with van der Waals surface area (Å²) in [6.07, 6.45) is 2.33. The van der Waals surface area contributed by atoms with Gasteiger partial charge in [0.25, 0.3) is 0 Å². The number of halogens is 1. The third-order valence-electron chi connectivity index (χ3n) is 2.97. The first-order valence-electron chi connectivity index (χ1n) is 6.26. The molecule has 0 saturated carbocycles. The second kappa shape index (κ2) is 6.39. The molecule has 0 saturated heterocycles. The SMILES string of the molecule is O=C(O)CCCn1cccc1C(=O)c1ccccc1Cl. The van der Waals surface area contributed by atoms with Crippen molar-refractivity contribution in [1.29, 1.82) is 0 Å². The Kier molecular flexibility index (Phi) is 4.58. The van der Waals surface area contributed by atoms with Gasteiger partial charge in [-0.2, -0.15) is 0 Å². The van der Waals surface area contributed by atoms with Crippen molar-refractivity contribution in [3.05, 3.63) is 58.9 Å². The summed E-state index contributed by atoms with van der Waals surface area (Å²) >= 11 is 6.03. The summed E-state index contributed by atoms with van der Waals surface area (Å²) in [5.41, 5.74) is 0.968. The van der Waals surface area contributed by atoms with Gasteiger partial charge in [-0.1, -0.05) is 23.7 Å². The fourth-order valence-electron chi connectivity index (χ4n) is 2.00. The van der Waals surface area contributed by atoms with Gasteiger partial charge < -0.3 is 9.67 Å². The lowest BCUT2D eigenvalue weighted by Crippen LogP contribution is -2.11. The smallest absolute Gasteiger partial charge is 0.303 e. The first kappa shape index (κ1) is 14.3. The number of nitrogens with zero attached hydrogens (tertiary/aromatic N) is 1. The van der Waals surface area contributed by atoms with E-state index in [0.29, 0.717) is 29.2 Å². The van der Waals surface area contributed by atoms with Crippen LogP contribution in [0.1, 0.15) is 28.9 Å². The number of rotatable bonds is 6. The van der Waals surface area contributed by atoms with E-state index in [4.69, 9.17) is 16.7 Å². The molecule has 2 aromatic rings. The molecule has 1 aromatic heterocycles. The van der Waals surface area contributed by atoms with Gasteiger partial charge in [-0.3, -0.25) is 9.59 Å². The Labute approximate surface area is 121 Å². The summed E-state index contributed by atoms with van der Waals surface area (Å²) in [5.74, 6) is -0.993. The van der Waals surface area contributed by atoms with Crippen LogP contribution < -0.4 is 0 Å². The molecule has 1 heterocycles. The number of carbonyl (C=O) groups is 2. The summed E-state index contributed by atoms with van der Waals surface area (Å²) in [6.45, 7) is 0.491. The maximum atomic E-state index is 12.4.